The first-order valence-corrected chi connectivity index (χ1v) is 7.58. The number of benzene rings is 1. The Labute approximate surface area is 133 Å². The van der Waals surface area contributed by atoms with E-state index >= 15 is 0 Å². The second-order valence-electron chi connectivity index (χ2n) is 5.80. The van der Waals surface area contributed by atoms with Crippen LogP contribution in [0.25, 0.3) is 0 Å². The smallest absolute Gasteiger partial charge is 0.141 e. The van der Waals surface area contributed by atoms with E-state index in [0.717, 1.165) is 37.8 Å². The lowest BCUT2D eigenvalue weighted by Crippen LogP contribution is -2.45. The van der Waals surface area contributed by atoms with Crippen LogP contribution in [-0.2, 0) is 13.1 Å². The van der Waals surface area contributed by atoms with E-state index < -0.39 is 11.6 Å². The third kappa shape index (κ3) is 4.30. The van der Waals surface area contributed by atoms with Gasteiger partial charge in [0.1, 0.15) is 17.5 Å². The molecule has 2 aromatic rings. The normalized spacial score (nSPS) is 16.7. The van der Waals surface area contributed by atoms with Crippen molar-refractivity contribution in [1.82, 2.24) is 14.8 Å². The molecule has 6 heteroatoms. The molecule has 1 aromatic heterocycles. The standard InChI is InChI=1S/C17H18F3N3/c18-15-2-1-14(17(20)8-15)12-23-5-3-22(4-6-23)11-13-7-16(19)10-21-9-13/h1-2,7-10H,3-6,11-12H2. The fourth-order valence-electron chi connectivity index (χ4n) is 2.80. The van der Waals surface area contributed by atoms with Gasteiger partial charge in [0.2, 0.25) is 0 Å². The summed E-state index contributed by atoms with van der Waals surface area (Å²) in [6.45, 7) is 4.35. The lowest BCUT2D eigenvalue weighted by molar-refractivity contribution is 0.121. The zero-order valence-electron chi connectivity index (χ0n) is 12.7. The topological polar surface area (TPSA) is 19.4 Å². The maximum absolute atomic E-state index is 13.7. The van der Waals surface area contributed by atoms with Gasteiger partial charge < -0.3 is 0 Å². The molecule has 1 aliphatic rings. The molecular formula is C17H18F3N3. The molecule has 0 aliphatic carbocycles. The zero-order chi connectivity index (χ0) is 16.2. The quantitative estimate of drug-likeness (QED) is 0.863. The van der Waals surface area contributed by atoms with Gasteiger partial charge in [0.15, 0.2) is 0 Å². The number of piperazine rings is 1. The van der Waals surface area contributed by atoms with Crippen molar-refractivity contribution in [3.8, 4) is 0 Å². The van der Waals surface area contributed by atoms with Gasteiger partial charge in [-0.2, -0.15) is 0 Å². The van der Waals surface area contributed by atoms with Gasteiger partial charge in [-0.25, -0.2) is 13.2 Å². The highest BCUT2D eigenvalue weighted by Crippen LogP contribution is 2.15. The number of nitrogens with zero attached hydrogens (tertiary/aromatic N) is 3. The van der Waals surface area contributed by atoms with Gasteiger partial charge in [-0.15, -0.1) is 0 Å². The van der Waals surface area contributed by atoms with Crippen molar-refractivity contribution >= 4 is 0 Å². The molecule has 1 saturated heterocycles. The number of aromatic nitrogens is 1. The Balaban J connectivity index is 1.52. The maximum Gasteiger partial charge on any atom is 0.141 e. The van der Waals surface area contributed by atoms with Gasteiger partial charge in [0, 0.05) is 57.1 Å². The van der Waals surface area contributed by atoms with Crippen LogP contribution in [0.4, 0.5) is 13.2 Å². The molecule has 1 fully saturated rings. The van der Waals surface area contributed by atoms with Crippen LogP contribution in [-0.4, -0.2) is 41.0 Å². The Morgan fingerprint density at radius 2 is 1.52 bits per heavy atom. The van der Waals surface area contributed by atoms with E-state index in [2.05, 4.69) is 14.8 Å². The second kappa shape index (κ2) is 7.10. The van der Waals surface area contributed by atoms with E-state index in [0.29, 0.717) is 18.7 Å². The SMILES string of the molecule is Fc1cncc(CN2CCN(Cc3ccc(F)cc3F)CC2)c1. The minimum absolute atomic E-state index is 0.326. The summed E-state index contributed by atoms with van der Waals surface area (Å²) in [6, 6.07) is 5.19. The molecule has 3 nitrogen and oxygen atoms in total. The van der Waals surface area contributed by atoms with Crippen molar-refractivity contribution in [2.24, 2.45) is 0 Å². The van der Waals surface area contributed by atoms with Crippen molar-refractivity contribution in [2.45, 2.75) is 13.1 Å². The van der Waals surface area contributed by atoms with Crippen LogP contribution >= 0.6 is 0 Å². The average Bonchev–Trinajstić information content (AvgIpc) is 2.52. The number of halogens is 3. The summed E-state index contributed by atoms with van der Waals surface area (Å²) in [7, 11) is 0. The van der Waals surface area contributed by atoms with Crippen molar-refractivity contribution in [2.75, 3.05) is 26.2 Å². The van der Waals surface area contributed by atoms with Crippen LogP contribution < -0.4 is 0 Å². The van der Waals surface area contributed by atoms with Gasteiger partial charge in [0.25, 0.3) is 0 Å². The Bertz CT molecular complexity index is 670. The first-order chi connectivity index (χ1) is 11.1. The van der Waals surface area contributed by atoms with Crippen LogP contribution in [0, 0.1) is 17.5 Å². The Kier molecular flexibility index (Phi) is 4.93. The molecule has 1 aromatic carbocycles. The number of hydrogen-bond donors (Lipinski definition) is 0. The molecule has 1 aliphatic heterocycles. The molecule has 3 rings (SSSR count). The molecule has 0 bridgehead atoms. The fraction of sp³-hybridized carbons (Fsp3) is 0.353. The average molecular weight is 321 g/mol. The molecule has 0 amide bonds. The molecule has 23 heavy (non-hydrogen) atoms. The molecule has 122 valence electrons. The lowest BCUT2D eigenvalue weighted by Gasteiger charge is -2.34. The van der Waals surface area contributed by atoms with Gasteiger partial charge in [-0.1, -0.05) is 6.07 Å². The Morgan fingerprint density at radius 1 is 0.826 bits per heavy atom. The minimum Gasteiger partial charge on any atom is -0.296 e. The van der Waals surface area contributed by atoms with Crippen LogP contribution in [0.2, 0.25) is 0 Å². The third-order valence-electron chi connectivity index (χ3n) is 4.04. The monoisotopic (exact) mass is 321 g/mol. The second-order valence-corrected chi connectivity index (χ2v) is 5.80. The molecule has 0 unspecified atom stereocenters. The summed E-state index contributed by atoms with van der Waals surface area (Å²) in [5.41, 5.74) is 1.36. The molecule has 0 N–H and O–H groups in total. The Morgan fingerprint density at radius 3 is 2.17 bits per heavy atom. The largest absolute Gasteiger partial charge is 0.296 e. The van der Waals surface area contributed by atoms with Gasteiger partial charge in [0.05, 0.1) is 6.20 Å². The maximum atomic E-state index is 13.7. The van der Waals surface area contributed by atoms with Crippen molar-refractivity contribution in [3.05, 3.63) is 65.2 Å². The zero-order valence-corrected chi connectivity index (χ0v) is 12.7. The van der Waals surface area contributed by atoms with Gasteiger partial charge in [-0.3, -0.25) is 14.8 Å². The number of rotatable bonds is 4. The predicted molar refractivity (Wildman–Crippen MR) is 81.1 cm³/mol. The van der Waals surface area contributed by atoms with Crippen molar-refractivity contribution in [1.29, 1.82) is 0 Å². The van der Waals surface area contributed by atoms with E-state index in [9.17, 15) is 13.2 Å². The number of hydrogen-bond acceptors (Lipinski definition) is 3. The van der Waals surface area contributed by atoms with E-state index in [1.807, 2.05) is 0 Å². The molecule has 0 radical (unpaired) electrons. The van der Waals surface area contributed by atoms with Crippen LogP contribution in [0.15, 0.2) is 36.7 Å². The number of pyridine rings is 1. The van der Waals surface area contributed by atoms with Crippen molar-refractivity contribution < 1.29 is 13.2 Å². The van der Waals surface area contributed by atoms with E-state index in [-0.39, 0.29) is 5.82 Å². The molecule has 0 spiro atoms. The van der Waals surface area contributed by atoms with E-state index in [4.69, 9.17) is 0 Å². The minimum atomic E-state index is -0.556. The first kappa shape index (κ1) is 16.0. The summed E-state index contributed by atoms with van der Waals surface area (Å²) in [5.74, 6) is -1.38. The summed E-state index contributed by atoms with van der Waals surface area (Å²) >= 11 is 0. The highest BCUT2D eigenvalue weighted by atomic mass is 19.1. The van der Waals surface area contributed by atoms with Crippen LogP contribution in [0.5, 0.6) is 0 Å². The Hall–Kier alpha value is -1.92. The van der Waals surface area contributed by atoms with Crippen molar-refractivity contribution in [3.63, 3.8) is 0 Å². The predicted octanol–water partition coefficient (Wildman–Crippen LogP) is 2.82. The summed E-state index contributed by atoms with van der Waals surface area (Å²) < 4.78 is 39.7. The molecule has 0 atom stereocenters. The van der Waals surface area contributed by atoms with Gasteiger partial charge in [-0.05, 0) is 17.7 Å². The van der Waals surface area contributed by atoms with E-state index in [1.54, 1.807) is 6.20 Å². The molecule has 2 heterocycles. The van der Waals surface area contributed by atoms with E-state index in [1.165, 1.54) is 24.4 Å². The third-order valence-corrected chi connectivity index (χ3v) is 4.04. The highest BCUT2D eigenvalue weighted by Gasteiger charge is 2.18. The van der Waals surface area contributed by atoms with Gasteiger partial charge >= 0.3 is 0 Å². The summed E-state index contributed by atoms with van der Waals surface area (Å²) in [6.07, 6.45) is 2.86. The lowest BCUT2D eigenvalue weighted by atomic mass is 10.1. The molecule has 0 saturated carbocycles. The fourth-order valence-corrected chi connectivity index (χ4v) is 2.80. The van der Waals surface area contributed by atoms with Crippen LogP contribution in [0.1, 0.15) is 11.1 Å². The first-order valence-electron chi connectivity index (χ1n) is 7.58. The molecular weight excluding hydrogens is 303 g/mol. The summed E-state index contributed by atoms with van der Waals surface area (Å²) in [5, 5.41) is 0. The highest BCUT2D eigenvalue weighted by molar-refractivity contribution is 5.18. The van der Waals surface area contributed by atoms with Crippen LogP contribution in [0.3, 0.4) is 0 Å². The summed E-state index contributed by atoms with van der Waals surface area (Å²) in [4.78, 5) is 8.20.